The highest BCUT2D eigenvalue weighted by molar-refractivity contribution is 7.86. The number of hydrogen-bond donors (Lipinski definition) is 2. The van der Waals surface area contributed by atoms with Gasteiger partial charge in [-0.05, 0) is 6.42 Å². The molecule has 0 aromatic carbocycles. The quantitative estimate of drug-likeness (QED) is 0.317. The zero-order chi connectivity index (χ0) is 16.7. The lowest BCUT2D eigenvalue weighted by molar-refractivity contribution is 0.456. The van der Waals surface area contributed by atoms with E-state index in [1.807, 2.05) is 0 Å². The Morgan fingerprint density at radius 1 is 0.773 bits per heavy atom. The van der Waals surface area contributed by atoms with Gasteiger partial charge in [0.2, 0.25) is 0 Å². The maximum absolute atomic E-state index is 11.0. The van der Waals surface area contributed by atoms with Crippen LogP contribution in [0.4, 0.5) is 0 Å². The van der Waals surface area contributed by atoms with E-state index in [4.69, 9.17) is 10.3 Å². The number of rotatable bonds is 16. The van der Waals surface area contributed by atoms with Crippen molar-refractivity contribution in [3.8, 4) is 0 Å². The first-order chi connectivity index (χ1) is 10.5. The zero-order valence-corrected chi connectivity index (χ0v) is 15.2. The highest BCUT2D eigenvalue weighted by Crippen LogP contribution is 2.14. The first-order valence-electron chi connectivity index (χ1n) is 9.18. The smallest absolute Gasteiger partial charge is 0.269 e. The molecule has 4 nitrogen and oxygen atoms in total. The van der Waals surface area contributed by atoms with Crippen molar-refractivity contribution in [3.63, 3.8) is 0 Å². The summed E-state index contributed by atoms with van der Waals surface area (Å²) in [7, 11) is -3.96. The van der Waals surface area contributed by atoms with Crippen molar-refractivity contribution in [2.75, 3.05) is 6.54 Å². The average Bonchev–Trinajstić information content (AvgIpc) is 2.46. The summed E-state index contributed by atoms with van der Waals surface area (Å²) in [4.78, 5) is 0. The number of unbranched alkanes of at least 4 members (excludes halogenated alkanes) is 12. The van der Waals surface area contributed by atoms with E-state index in [1.54, 1.807) is 0 Å². The molecule has 0 saturated carbocycles. The van der Waals surface area contributed by atoms with E-state index in [-0.39, 0.29) is 6.54 Å². The summed E-state index contributed by atoms with van der Waals surface area (Å²) in [6, 6.07) is 0. The van der Waals surface area contributed by atoms with Gasteiger partial charge in [0.1, 0.15) is 0 Å². The lowest BCUT2D eigenvalue weighted by Gasteiger charge is -2.10. The molecule has 0 aliphatic heterocycles. The largest absolute Gasteiger partial charge is 0.329 e. The Balaban J connectivity index is 3.27. The van der Waals surface area contributed by atoms with E-state index < -0.39 is 15.4 Å². The topological polar surface area (TPSA) is 80.4 Å². The summed E-state index contributed by atoms with van der Waals surface area (Å²) in [6.45, 7) is 2.26. The van der Waals surface area contributed by atoms with Gasteiger partial charge in [0.15, 0.2) is 0 Å². The van der Waals surface area contributed by atoms with Crippen LogP contribution in [-0.2, 0) is 10.1 Å². The predicted molar refractivity (Wildman–Crippen MR) is 94.7 cm³/mol. The van der Waals surface area contributed by atoms with Gasteiger partial charge in [-0.25, -0.2) is 0 Å². The second-order valence-electron chi connectivity index (χ2n) is 6.40. The van der Waals surface area contributed by atoms with Crippen LogP contribution in [0.25, 0.3) is 0 Å². The molecule has 5 heteroatoms. The van der Waals surface area contributed by atoms with Crippen molar-refractivity contribution in [3.05, 3.63) is 0 Å². The maximum Gasteiger partial charge on any atom is 0.269 e. The first kappa shape index (κ1) is 21.9. The Kier molecular flexibility index (Phi) is 14.4. The van der Waals surface area contributed by atoms with Crippen LogP contribution in [0.3, 0.4) is 0 Å². The Morgan fingerprint density at radius 3 is 1.45 bits per heavy atom. The van der Waals surface area contributed by atoms with E-state index >= 15 is 0 Å². The minimum absolute atomic E-state index is 0.0110. The third kappa shape index (κ3) is 13.5. The lowest BCUT2D eigenvalue weighted by atomic mass is 10.0. The van der Waals surface area contributed by atoms with Crippen molar-refractivity contribution in [1.82, 2.24) is 0 Å². The molecule has 0 radical (unpaired) electrons. The van der Waals surface area contributed by atoms with Gasteiger partial charge in [0.05, 0.1) is 5.25 Å². The highest BCUT2D eigenvalue weighted by Gasteiger charge is 2.20. The molecule has 0 aliphatic rings. The Morgan fingerprint density at radius 2 is 1.14 bits per heavy atom. The van der Waals surface area contributed by atoms with Gasteiger partial charge >= 0.3 is 0 Å². The van der Waals surface area contributed by atoms with Crippen LogP contribution in [0.5, 0.6) is 0 Å². The van der Waals surface area contributed by atoms with Crippen LogP contribution in [0.1, 0.15) is 96.8 Å². The van der Waals surface area contributed by atoms with Crippen molar-refractivity contribution >= 4 is 10.1 Å². The minimum Gasteiger partial charge on any atom is -0.329 e. The Labute approximate surface area is 138 Å². The highest BCUT2D eigenvalue weighted by atomic mass is 32.2. The molecule has 1 unspecified atom stereocenters. The molecule has 0 aliphatic carbocycles. The third-order valence-electron chi connectivity index (χ3n) is 4.31. The maximum atomic E-state index is 11.0. The standard InChI is InChI=1S/C17H37NO3S/c1-2-3-4-5-6-7-8-9-10-11-12-13-14-15-17(16-18)22(19,20)21/h17H,2-16,18H2,1H3,(H,19,20,21). The Hall–Kier alpha value is -0.130. The van der Waals surface area contributed by atoms with E-state index in [0.717, 1.165) is 19.3 Å². The van der Waals surface area contributed by atoms with Gasteiger partial charge in [-0.3, -0.25) is 4.55 Å². The minimum atomic E-state index is -3.96. The molecule has 0 bridgehead atoms. The van der Waals surface area contributed by atoms with Crippen LogP contribution in [-0.4, -0.2) is 24.8 Å². The molecule has 0 saturated heterocycles. The van der Waals surface area contributed by atoms with Gasteiger partial charge < -0.3 is 5.73 Å². The second-order valence-corrected chi connectivity index (χ2v) is 8.10. The fourth-order valence-corrected chi connectivity index (χ4v) is 3.49. The normalized spacial score (nSPS) is 13.4. The molecule has 0 fully saturated rings. The van der Waals surface area contributed by atoms with Gasteiger partial charge in [-0.1, -0.05) is 90.4 Å². The molecule has 0 rings (SSSR count). The average molecular weight is 336 g/mol. The zero-order valence-electron chi connectivity index (χ0n) is 14.4. The molecule has 0 spiro atoms. The molecular formula is C17H37NO3S. The summed E-state index contributed by atoms with van der Waals surface area (Å²) < 4.78 is 30.9. The second kappa shape index (κ2) is 14.5. The SMILES string of the molecule is CCCCCCCCCCCCCCCC(CN)S(=O)(=O)O. The first-order valence-corrected chi connectivity index (χ1v) is 10.7. The molecule has 0 heterocycles. The lowest BCUT2D eigenvalue weighted by Crippen LogP contribution is -2.29. The van der Waals surface area contributed by atoms with E-state index in [2.05, 4.69) is 6.92 Å². The summed E-state index contributed by atoms with van der Waals surface area (Å²) in [5.41, 5.74) is 5.37. The Bertz CT molecular complexity index is 331. The summed E-state index contributed by atoms with van der Waals surface area (Å²) in [5.74, 6) is 0. The summed E-state index contributed by atoms with van der Waals surface area (Å²) in [6.07, 6.45) is 16.9. The van der Waals surface area contributed by atoms with Gasteiger partial charge in [0.25, 0.3) is 10.1 Å². The van der Waals surface area contributed by atoms with Crippen molar-refractivity contribution in [2.24, 2.45) is 5.73 Å². The van der Waals surface area contributed by atoms with Crippen LogP contribution in [0.15, 0.2) is 0 Å². The van der Waals surface area contributed by atoms with Crippen molar-refractivity contribution in [1.29, 1.82) is 0 Å². The third-order valence-corrected chi connectivity index (χ3v) is 5.58. The fraction of sp³-hybridized carbons (Fsp3) is 1.00. The molecule has 0 aromatic heterocycles. The molecule has 1 atom stereocenters. The van der Waals surface area contributed by atoms with Crippen LogP contribution in [0.2, 0.25) is 0 Å². The molecule has 0 amide bonds. The van der Waals surface area contributed by atoms with Crippen molar-refractivity contribution < 1.29 is 13.0 Å². The molecule has 3 N–H and O–H groups in total. The van der Waals surface area contributed by atoms with E-state index in [0.29, 0.717) is 6.42 Å². The molecule has 134 valence electrons. The van der Waals surface area contributed by atoms with E-state index in [1.165, 1.54) is 64.2 Å². The summed E-state index contributed by atoms with van der Waals surface area (Å²) in [5, 5.41) is -0.778. The molecular weight excluding hydrogens is 298 g/mol. The van der Waals surface area contributed by atoms with Crippen LogP contribution < -0.4 is 5.73 Å². The van der Waals surface area contributed by atoms with Gasteiger partial charge in [-0.15, -0.1) is 0 Å². The molecule has 0 aromatic rings. The fourth-order valence-electron chi connectivity index (χ4n) is 2.78. The summed E-state index contributed by atoms with van der Waals surface area (Å²) >= 11 is 0. The number of nitrogens with two attached hydrogens (primary N) is 1. The van der Waals surface area contributed by atoms with E-state index in [9.17, 15) is 8.42 Å². The molecule has 22 heavy (non-hydrogen) atoms. The van der Waals surface area contributed by atoms with Crippen LogP contribution >= 0.6 is 0 Å². The monoisotopic (exact) mass is 335 g/mol. The van der Waals surface area contributed by atoms with Gasteiger partial charge in [-0.2, -0.15) is 8.42 Å². The number of hydrogen-bond acceptors (Lipinski definition) is 3. The predicted octanol–water partition coefficient (Wildman–Crippen LogP) is 4.68. The van der Waals surface area contributed by atoms with Gasteiger partial charge in [0, 0.05) is 6.54 Å². The van der Waals surface area contributed by atoms with Crippen LogP contribution in [0, 0.1) is 0 Å². The van der Waals surface area contributed by atoms with Crippen molar-refractivity contribution in [2.45, 2.75) is 102 Å².